The van der Waals surface area contributed by atoms with Crippen LogP contribution in [0.5, 0.6) is 5.75 Å². The molecule has 18 heavy (non-hydrogen) atoms. The second-order valence-corrected chi connectivity index (χ2v) is 4.40. The van der Waals surface area contributed by atoms with Gasteiger partial charge in [-0.05, 0) is 31.2 Å². The number of ether oxygens (including phenoxy) is 1. The number of hydrogen-bond donors (Lipinski definition) is 0. The van der Waals surface area contributed by atoms with Gasteiger partial charge in [0.15, 0.2) is 0 Å². The average molecular weight is 265 g/mol. The minimum atomic E-state index is -0.196. The van der Waals surface area contributed by atoms with Crippen molar-refractivity contribution in [3.8, 4) is 5.75 Å². The van der Waals surface area contributed by atoms with Crippen molar-refractivity contribution in [2.75, 3.05) is 7.11 Å². The van der Waals surface area contributed by atoms with Crippen LogP contribution in [-0.4, -0.2) is 22.7 Å². The summed E-state index contributed by atoms with van der Waals surface area (Å²) in [6.45, 7) is 1.89. The minimum Gasteiger partial charge on any atom is -0.496 e. The molecular weight excluding hydrogens is 252 g/mol. The molecule has 0 amide bonds. The summed E-state index contributed by atoms with van der Waals surface area (Å²) in [7, 11) is 3.31. The van der Waals surface area contributed by atoms with Gasteiger partial charge >= 0.3 is 0 Å². The summed E-state index contributed by atoms with van der Waals surface area (Å²) < 4.78 is 6.82. The van der Waals surface area contributed by atoms with Crippen LogP contribution in [0.4, 0.5) is 0 Å². The normalized spacial score (nSPS) is 10.4. The summed E-state index contributed by atoms with van der Waals surface area (Å²) in [5.41, 5.74) is 1.72. The molecule has 0 spiro atoms. The number of aryl methyl sites for hydroxylation is 2. The van der Waals surface area contributed by atoms with Gasteiger partial charge in [-0.1, -0.05) is 11.6 Å². The number of rotatable bonds is 3. The quantitative estimate of drug-likeness (QED) is 0.801. The van der Waals surface area contributed by atoms with Crippen molar-refractivity contribution in [1.82, 2.24) is 9.78 Å². The Morgan fingerprint density at radius 2 is 2.11 bits per heavy atom. The molecule has 0 fully saturated rings. The van der Waals surface area contributed by atoms with Crippen molar-refractivity contribution in [2.24, 2.45) is 7.05 Å². The van der Waals surface area contributed by atoms with Crippen molar-refractivity contribution < 1.29 is 9.53 Å². The van der Waals surface area contributed by atoms with Crippen molar-refractivity contribution in [3.63, 3.8) is 0 Å². The molecule has 0 aliphatic carbocycles. The van der Waals surface area contributed by atoms with Crippen molar-refractivity contribution >= 4 is 17.4 Å². The van der Waals surface area contributed by atoms with E-state index in [0.29, 0.717) is 22.0 Å². The molecule has 1 aromatic carbocycles. The highest BCUT2D eigenvalue weighted by Gasteiger charge is 2.18. The highest BCUT2D eigenvalue weighted by Crippen LogP contribution is 2.25. The Balaban J connectivity index is 2.48. The predicted octanol–water partition coefficient (Wildman–Crippen LogP) is 2.62. The van der Waals surface area contributed by atoms with E-state index < -0.39 is 0 Å². The molecule has 0 atom stereocenters. The fourth-order valence-corrected chi connectivity index (χ4v) is 1.84. The fraction of sp³-hybridized carbons (Fsp3) is 0.231. The van der Waals surface area contributed by atoms with Gasteiger partial charge in [-0.3, -0.25) is 9.48 Å². The Kier molecular flexibility index (Phi) is 3.39. The lowest BCUT2D eigenvalue weighted by Gasteiger charge is -2.06. The van der Waals surface area contributed by atoms with Gasteiger partial charge in [0.25, 0.3) is 0 Å². The highest BCUT2D eigenvalue weighted by molar-refractivity contribution is 6.31. The lowest BCUT2D eigenvalue weighted by atomic mass is 10.1. The van der Waals surface area contributed by atoms with Crippen molar-refractivity contribution in [2.45, 2.75) is 6.92 Å². The monoisotopic (exact) mass is 264 g/mol. The lowest BCUT2D eigenvalue weighted by molar-refractivity contribution is 0.103. The van der Waals surface area contributed by atoms with Crippen LogP contribution in [0.1, 0.15) is 21.7 Å². The second-order valence-electron chi connectivity index (χ2n) is 3.97. The number of hydrogen-bond acceptors (Lipinski definition) is 3. The van der Waals surface area contributed by atoms with Gasteiger partial charge < -0.3 is 4.74 Å². The van der Waals surface area contributed by atoms with Crippen LogP contribution in [0, 0.1) is 6.92 Å². The summed E-state index contributed by atoms with van der Waals surface area (Å²) in [5.74, 6) is 0.297. The topological polar surface area (TPSA) is 44.1 Å². The lowest BCUT2D eigenvalue weighted by Crippen LogP contribution is -2.05. The number of carbonyl (C=O) groups is 1. The highest BCUT2D eigenvalue weighted by atomic mass is 35.5. The van der Waals surface area contributed by atoms with Gasteiger partial charge in [0.2, 0.25) is 5.78 Å². The van der Waals surface area contributed by atoms with Gasteiger partial charge in [0.1, 0.15) is 11.4 Å². The zero-order valence-electron chi connectivity index (χ0n) is 10.4. The molecule has 0 bridgehead atoms. The number of aromatic nitrogens is 2. The average Bonchev–Trinajstić information content (AvgIpc) is 2.68. The molecule has 1 aromatic heterocycles. The van der Waals surface area contributed by atoms with Crippen LogP contribution in [0.3, 0.4) is 0 Å². The number of ketones is 1. The third kappa shape index (κ3) is 2.24. The van der Waals surface area contributed by atoms with Crippen molar-refractivity contribution in [1.29, 1.82) is 0 Å². The number of carbonyl (C=O) groups excluding carboxylic acids is 1. The van der Waals surface area contributed by atoms with Crippen LogP contribution < -0.4 is 4.74 Å². The molecule has 1 heterocycles. The van der Waals surface area contributed by atoms with Crippen LogP contribution in [0.2, 0.25) is 5.02 Å². The molecule has 5 heteroatoms. The largest absolute Gasteiger partial charge is 0.496 e. The minimum absolute atomic E-state index is 0.196. The number of nitrogens with zero attached hydrogens (tertiary/aromatic N) is 2. The van der Waals surface area contributed by atoms with Crippen LogP contribution >= 0.6 is 11.6 Å². The summed E-state index contributed by atoms with van der Waals surface area (Å²) in [4.78, 5) is 12.3. The summed E-state index contributed by atoms with van der Waals surface area (Å²) >= 11 is 5.91. The van der Waals surface area contributed by atoms with Crippen LogP contribution in [-0.2, 0) is 7.05 Å². The van der Waals surface area contributed by atoms with E-state index in [1.807, 2.05) is 6.92 Å². The first-order chi connectivity index (χ1) is 8.52. The molecule has 0 radical (unpaired) electrons. The Morgan fingerprint density at radius 3 is 2.67 bits per heavy atom. The number of methoxy groups -OCH3 is 1. The molecule has 4 nitrogen and oxygen atoms in total. The molecule has 0 saturated carbocycles. The third-order valence-corrected chi connectivity index (χ3v) is 2.99. The SMILES string of the molecule is COc1ccc(Cl)cc1C(=O)c1cc(C)n(C)n1. The van der Waals surface area contributed by atoms with Gasteiger partial charge in [-0.25, -0.2) is 0 Å². The maximum atomic E-state index is 12.3. The maximum Gasteiger partial charge on any atom is 0.217 e. The van der Waals surface area contributed by atoms with E-state index in [1.54, 1.807) is 36.0 Å². The standard InChI is InChI=1S/C13H13ClN2O2/c1-8-6-11(15-16(8)2)13(17)10-7-9(14)4-5-12(10)18-3/h4-7H,1-3H3. The van der Waals surface area contributed by atoms with E-state index in [0.717, 1.165) is 5.69 Å². The van der Waals surface area contributed by atoms with Gasteiger partial charge in [0, 0.05) is 17.8 Å². The summed E-state index contributed by atoms with van der Waals surface area (Å²) in [6.07, 6.45) is 0. The first kappa shape index (κ1) is 12.6. The molecule has 0 aliphatic heterocycles. The third-order valence-electron chi connectivity index (χ3n) is 2.75. The zero-order chi connectivity index (χ0) is 13.3. The number of benzene rings is 1. The zero-order valence-corrected chi connectivity index (χ0v) is 11.2. The Morgan fingerprint density at radius 1 is 1.39 bits per heavy atom. The fourth-order valence-electron chi connectivity index (χ4n) is 1.67. The Hall–Kier alpha value is -1.81. The first-order valence-electron chi connectivity index (χ1n) is 5.42. The van der Waals surface area contributed by atoms with Crippen LogP contribution in [0.25, 0.3) is 0 Å². The number of halogens is 1. The molecule has 2 rings (SSSR count). The van der Waals surface area contributed by atoms with E-state index in [2.05, 4.69) is 5.10 Å². The van der Waals surface area contributed by atoms with Gasteiger partial charge in [0.05, 0.1) is 12.7 Å². The molecule has 0 aliphatic rings. The summed E-state index contributed by atoms with van der Waals surface area (Å²) in [5, 5.41) is 4.65. The molecular formula is C13H13ClN2O2. The molecule has 0 saturated heterocycles. The van der Waals surface area contributed by atoms with Crippen molar-refractivity contribution in [3.05, 3.63) is 46.2 Å². The van der Waals surface area contributed by atoms with Gasteiger partial charge in [-0.2, -0.15) is 5.10 Å². The molecule has 0 unspecified atom stereocenters. The first-order valence-corrected chi connectivity index (χ1v) is 5.79. The molecule has 2 aromatic rings. The smallest absolute Gasteiger partial charge is 0.217 e. The Labute approximate surface area is 110 Å². The maximum absolute atomic E-state index is 12.3. The second kappa shape index (κ2) is 4.82. The van der Waals surface area contributed by atoms with E-state index in [1.165, 1.54) is 7.11 Å². The van der Waals surface area contributed by atoms with E-state index in [-0.39, 0.29) is 5.78 Å². The van der Waals surface area contributed by atoms with Gasteiger partial charge in [-0.15, -0.1) is 0 Å². The Bertz CT molecular complexity index is 586. The van der Waals surface area contributed by atoms with E-state index in [4.69, 9.17) is 16.3 Å². The summed E-state index contributed by atoms with van der Waals surface area (Å²) in [6, 6.07) is 6.68. The molecule has 0 N–H and O–H groups in total. The predicted molar refractivity (Wildman–Crippen MR) is 69.4 cm³/mol. The van der Waals surface area contributed by atoms with E-state index in [9.17, 15) is 4.79 Å². The molecule has 94 valence electrons. The van der Waals surface area contributed by atoms with Crippen LogP contribution in [0.15, 0.2) is 24.3 Å². The van der Waals surface area contributed by atoms with E-state index >= 15 is 0 Å².